The molecule has 0 aliphatic heterocycles. The van der Waals surface area contributed by atoms with E-state index in [9.17, 15) is 0 Å². The van der Waals surface area contributed by atoms with Crippen LogP contribution in [0.25, 0.3) is 0 Å². The van der Waals surface area contributed by atoms with Crippen LogP contribution in [0.1, 0.15) is 50.8 Å². The van der Waals surface area contributed by atoms with E-state index in [4.69, 9.17) is 11.6 Å². The lowest BCUT2D eigenvalue weighted by atomic mass is 9.96. The highest BCUT2D eigenvalue weighted by atomic mass is 35.5. The van der Waals surface area contributed by atoms with Crippen LogP contribution in [0.15, 0.2) is 12.3 Å². The van der Waals surface area contributed by atoms with Crippen molar-refractivity contribution in [1.29, 1.82) is 0 Å². The smallest absolute Gasteiger partial charge is 0.0592 e. The average molecular weight is 198 g/mol. The molecule has 0 fully saturated rings. The Labute approximate surface area is 85.1 Å². The van der Waals surface area contributed by atoms with Crippen molar-refractivity contribution in [2.75, 3.05) is 0 Å². The Morgan fingerprint density at radius 3 is 2.23 bits per heavy atom. The lowest BCUT2D eigenvalue weighted by Gasteiger charge is -2.14. The first kappa shape index (κ1) is 10.5. The fourth-order valence-corrected chi connectivity index (χ4v) is 1.58. The van der Waals surface area contributed by atoms with Crippen LogP contribution in [-0.4, -0.2) is 4.98 Å². The molecule has 2 heteroatoms. The number of rotatable bonds is 2. The third-order valence-corrected chi connectivity index (χ3v) is 2.29. The van der Waals surface area contributed by atoms with Gasteiger partial charge in [-0.3, -0.25) is 4.98 Å². The average Bonchev–Trinajstić information content (AvgIpc) is 2.03. The first-order chi connectivity index (χ1) is 6.02. The Morgan fingerprint density at radius 2 is 1.77 bits per heavy atom. The minimum absolute atomic E-state index is 0.467. The molecule has 0 saturated heterocycles. The highest BCUT2D eigenvalue weighted by Gasteiger charge is 2.11. The molecule has 0 amide bonds. The highest BCUT2D eigenvalue weighted by Crippen LogP contribution is 2.26. The maximum atomic E-state index is 5.90. The third kappa shape index (κ3) is 2.44. The number of halogens is 1. The van der Waals surface area contributed by atoms with Crippen LogP contribution in [0.4, 0.5) is 0 Å². The van der Waals surface area contributed by atoms with Crippen LogP contribution in [0.2, 0.25) is 5.02 Å². The molecule has 72 valence electrons. The summed E-state index contributed by atoms with van der Waals surface area (Å²) in [5.41, 5.74) is 2.43. The molecule has 0 saturated carbocycles. The van der Waals surface area contributed by atoms with E-state index < -0.39 is 0 Å². The summed E-state index contributed by atoms with van der Waals surface area (Å²) in [7, 11) is 0. The van der Waals surface area contributed by atoms with Crippen LogP contribution in [-0.2, 0) is 0 Å². The number of hydrogen-bond donors (Lipinski definition) is 0. The van der Waals surface area contributed by atoms with E-state index in [-0.39, 0.29) is 0 Å². The molecule has 1 aromatic heterocycles. The Hall–Kier alpha value is -0.560. The zero-order valence-corrected chi connectivity index (χ0v) is 9.39. The van der Waals surface area contributed by atoms with Gasteiger partial charge in [-0.25, -0.2) is 0 Å². The van der Waals surface area contributed by atoms with E-state index in [1.807, 2.05) is 6.07 Å². The van der Waals surface area contributed by atoms with Crippen molar-refractivity contribution in [3.63, 3.8) is 0 Å². The van der Waals surface area contributed by atoms with Crippen molar-refractivity contribution >= 4 is 11.6 Å². The molecular formula is C11H16ClN. The van der Waals surface area contributed by atoms with E-state index in [1.165, 1.54) is 11.3 Å². The predicted molar refractivity (Wildman–Crippen MR) is 57.4 cm³/mol. The maximum Gasteiger partial charge on any atom is 0.0592 e. The lowest BCUT2D eigenvalue weighted by Crippen LogP contribution is -2.01. The Bertz CT molecular complexity index is 292. The summed E-state index contributed by atoms with van der Waals surface area (Å²) in [6.07, 6.45) is 1.72. The van der Waals surface area contributed by atoms with Crippen LogP contribution >= 0.6 is 11.6 Å². The molecule has 13 heavy (non-hydrogen) atoms. The van der Waals surface area contributed by atoms with Crippen molar-refractivity contribution in [2.24, 2.45) is 0 Å². The minimum atomic E-state index is 0.467. The fraction of sp³-hybridized carbons (Fsp3) is 0.545. The second-order valence-corrected chi connectivity index (χ2v) is 4.37. The first-order valence-electron chi connectivity index (χ1n) is 4.67. The first-order valence-corrected chi connectivity index (χ1v) is 5.05. The van der Waals surface area contributed by atoms with Gasteiger partial charge in [-0.05, 0) is 23.5 Å². The molecular weight excluding hydrogens is 182 g/mol. The summed E-state index contributed by atoms with van der Waals surface area (Å²) in [4.78, 5) is 4.37. The number of nitrogens with zero attached hydrogens (tertiary/aromatic N) is 1. The Morgan fingerprint density at radius 1 is 1.15 bits per heavy atom. The van der Waals surface area contributed by atoms with Crippen molar-refractivity contribution in [3.05, 3.63) is 28.5 Å². The molecule has 1 aromatic rings. The summed E-state index contributed by atoms with van der Waals surface area (Å²) in [6, 6.07) is 2.02. The van der Waals surface area contributed by atoms with E-state index >= 15 is 0 Å². The summed E-state index contributed by atoms with van der Waals surface area (Å²) < 4.78 is 0. The molecule has 0 unspecified atom stereocenters. The van der Waals surface area contributed by atoms with E-state index in [1.54, 1.807) is 6.20 Å². The number of hydrogen-bond acceptors (Lipinski definition) is 1. The van der Waals surface area contributed by atoms with Gasteiger partial charge in [0, 0.05) is 11.9 Å². The van der Waals surface area contributed by atoms with Gasteiger partial charge in [0.1, 0.15) is 0 Å². The molecule has 0 aliphatic rings. The number of aromatic nitrogens is 1. The minimum Gasteiger partial charge on any atom is -0.259 e. The van der Waals surface area contributed by atoms with Crippen LogP contribution in [0.3, 0.4) is 0 Å². The van der Waals surface area contributed by atoms with Crippen molar-refractivity contribution in [1.82, 2.24) is 4.98 Å². The second kappa shape index (κ2) is 4.10. The molecule has 0 aliphatic carbocycles. The predicted octanol–water partition coefficient (Wildman–Crippen LogP) is 3.98. The molecule has 1 rings (SSSR count). The van der Waals surface area contributed by atoms with Gasteiger partial charge in [0.2, 0.25) is 0 Å². The number of pyridine rings is 1. The largest absolute Gasteiger partial charge is 0.259 e. The van der Waals surface area contributed by atoms with Crippen molar-refractivity contribution in [3.8, 4) is 0 Å². The topological polar surface area (TPSA) is 12.9 Å². The molecule has 1 nitrogen and oxygen atoms in total. The van der Waals surface area contributed by atoms with Gasteiger partial charge >= 0.3 is 0 Å². The zero-order valence-electron chi connectivity index (χ0n) is 8.63. The van der Waals surface area contributed by atoms with Gasteiger partial charge in [0.25, 0.3) is 0 Å². The summed E-state index contributed by atoms with van der Waals surface area (Å²) in [5, 5.41) is 0.730. The van der Waals surface area contributed by atoms with Gasteiger partial charge in [0.05, 0.1) is 5.02 Å². The molecule has 0 atom stereocenters. The van der Waals surface area contributed by atoms with Crippen molar-refractivity contribution in [2.45, 2.75) is 39.5 Å². The molecule has 0 N–H and O–H groups in total. The van der Waals surface area contributed by atoms with Gasteiger partial charge in [-0.1, -0.05) is 39.3 Å². The van der Waals surface area contributed by atoms with E-state index in [2.05, 4.69) is 32.7 Å². The summed E-state index contributed by atoms with van der Waals surface area (Å²) in [6.45, 7) is 8.64. The van der Waals surface area contributed by atoms with Crippen LogP contribution in [0.5, 0.6) is 0 Å². The molecule has 1 heterocycles. The quantitative estimate of drug-likeness (QED) is 0.699. The summed E-state index contributed by atoms with van der Waals surface area (Å²) in [5.74, 6) is 0.957. The maximum absolute atomic E-state index is 5.90. The van der Waals surface area contributed by atoms with Crippen LogP contribution < -0.4 is 0 Å². The molecule has 0 radical (unpaired) electrons. The van der Waals surface area contributed by atoms with Crippen molar-refractivity contribution < 1.29 is 0 Å². The standard InChI is InChI=1S/C11H16ClN/c1-7(2)10-5-9(12)6-13-11(10)8(3)4/h5-8H,1-4H3. The van der Waals surface area contributed by atoms with Crippen LogP contribution in [0, 0.1) is 0 Å². The SMILES string of the molecule is CC(C)c1cc(Cl)cnc1C(C)C. The fourth-order valence-electron chi connectivity index (χ4n) is 1.41. The molecule has 0 bridgehead atoms. The van der Waals surface area contributed by atoms with Gasteiger partial charge < -0.3 is 0 Å². The second-order valence-electron chi connectivity index (χ2n) is 3.94. The molecule has 0 aromatic carbocycles. The van der Waals surface area contributed by atoms with Gasteiger partial charge in [0.15, 0.2) is 0 Å². The Balaban J connectivity index is 3.19. The normalized spacial score (nSPS) is 11.3. The lowest BCUT2D eigenvalue weighted by molar-refractivity contribution is 0.757. The Kier molecular flexibility index (Phi) is 3.32. The molecule has 0 spiro atoms. The van der Waals surface area contributed by atoms with Gasteiger partial charge in [-0.15, -0.1) is 0 Å². The summed E-state index contributed by atoms with van der Waals surface area (Å²) >= 11 is 5.90. The monoisotopic (exact) mass is 197 g/mol. The highest BCUT2D eigenvalue weighted by molar-refractivity contribution is 6.30. The van der Waals surface area contributed by atoms with E-state index in [0.29, 0.717) is 11.8 Å². The third-order valence-electron chi connectivity index (χ3n) is 2.09. The zero-order chi connectivity index (χ0) is 10.0. The van der Waals surface area contributed by atoms with E-state index in [0.717, 1.165) is 5.02 Å². The van der Waals surface area contributed by atoms with Gasteiger partial charge in [-0.2, -0.15) is 0 Å².